The van der Waals surface area contributed by atoms with Crippen molar-refractivity contribution in [2.75, 3.05) is 20.8 Å². The first-order valence-corrected chi connectivity index (χ1v) is 11.6. The van der Waals surface area contributed by atoms with Gasteiger partial charge in [-0.05, 0) is 53.8 Å². The summed E-state index contributed by atoms with van der Waals surface area (Å²) in [4.78, 5) is 40.7. The Morgan fingerprint density at radius 3 is 2.46 bits per heavy atom. The molecule has 3 aromatic rings. The van der Waals surface area contributed by atoms with Crippen molar-refractivity contribution >= 4 is 29.2 Å². The molecule has 8 nitrogen and oxygen atoms in total. The van der Waals surface area contributed by atoms with Crippen LogP contribution in [0.4, 0.5) is 9.18 Å². The number of methoxy groups -OCH3 is 2. The molecular weight excluding hydrogens is 473 g/mol. The molecule has 0 aliphatic carbocycles. The Kier molecular flexibility index (Phi) is 6.74. The van der Waals surface area contributed by atoms with Gasteiger partial charge in [0.05, 0.1) is 20.3 Å². The molecule has 1 fully saturated rings. The minimum Gasteiger partial charge on any atom is -0.493 e. The van der Waals surface area contributed by atoms with Gasteiger partial charge in [-0.2, -0.15) is 0 Å². The third-order valence-corrected chi connectivity index (χ3v) is 6.81. The van der Waals surface area contributed by atoms with Crippen LogP contribution in [-0.4, -0.2) is 43.5 Å². The first-order chi connectivity index (χ1) is 16.8. The number of urea groups is 1. The van der Waals surface area contributed by atoms with E-state index in [-0.39, 0.29) is 0 Å². The Morgan fingerprint density at radius 1 is 1.11 bits per heavy atom. The zero-order chi connectivity index (χ0) is 25.2. The average Bonchev–Trinajstić information content (AvgIpc) is 3.46. The normalized spacial score (nSPS) is 18.2. The highest BCUT2D eigenvalue weighted by Gasteiger charge is 2.49. The number of imide groups is 1. The van der Waals surface area contributed by atoms with E-state index in [1.54, 1.807) is 37.3 Å². The first-order valence-electron chi connectivity index (χ1n) is 10.7. The zero-order valence-corrected chi connectivity index (χ0v) is 20.1. The highest BCUT2D eigenvalue weighted by atomic mass is 32.1. The quantitative estimate of drug-likeness (QED) is 0.464. The first kappa shape index (κ1) is 24.2. The summed E-state index contributed by atoms with van der Waals surface area (Å²) in [5.41, 5.74) is -0.227. The smallest absolute Gasteiger partial charge is 0.325 e. The molecule has 10 heteroatoms. The maximum absolute atomic E-state index is 13.4. The number of carbonyl (C=O) groups excluding carboxylic acids is 3. The molecule has 35 heavy (non-hydrogen) atoms. The fraction of sp³-hybridized carbons (Fsp3) is 0.240. The molecule has 2 heterocycles. The van der Waals surface area contributed by atoms with E-state index in [1.165, 1.54) is 37.7 Å². The van der Waals surface area contributed by atoms with E-state index in [9.17, 15) is 18.8 Å². The monoisotopic (exact) mass is 497 g/mol. The van der Waals surface area contributed by atoms with E-state index in [0.29, 0.717) is 22.6 Å². The summed E-state index contributed by atoms with van der Waals surface area (Å²) >= 11 is 1.43. The van der Waals surface area contributed by atoms with Crippen LogP contribution in [0.5, 0.6) is 11.5 Å². The Bertz CT molecular complexity index is 1250. The van der Waals surface area contributed by atoms with Crippen molar-refractivity contribution in [3.63, 3.8) is 0 Å². The van der Waals surface area contributed by atoms with Crippen LogP contribution in [0.15, 0.2) is 60.0 Å². The van der Waals surface area contributed by atoms with Crippen molar-refractivity contribution in [3.05, 3.63) is 81.8 Å². The largest absolute Gasteiger partial charge is 0.493 e. The van der Waals surface area contributed by atoms with Gasteiger partial charge in [-0.3, -0.25) is 14.5 Å². The lowest BCUT2D eigenvalue weighted by Crippen LogP contribution is -2.44. The zero-order valence-electron chi connectivity index (χ0n) is 19.3. The number of benzene rings is 2. The minimum atomic E-state index is -1.39. The van der Waals surface area contributed by atoms with Crippen LogP contribution >= 0.6 is 11.3 Å². The van der Waals surface area contributed by atoms with Crippen LogP contribution in [0.3, 0.4) is 0 Å². The number of hydrogen-bond donors (Lipinski definition) is 2. The van der Waals surface area contributed by atoms with Gasteiger partial charge in [0.1, 0.15) is 17.9 Å². The minimum absolute atomic E-state index is 0.390. The predicted octanol–water partition coefficient (Wildman–Crippen LogP) is 3.58. The summed E-state index contributed by atoms with van der Waals surface area (Å²) in [6.45, 7) is 1.09. The highest BCUT2D eigenvalue weighted by molar-refractivity contribution is 7.10. The number of halogens is 1. The van der Waals surface area contributed by atoms with Crippen molar-refractivity contribution in [1.82, 2.24) is 15.5 Å². The second-order valence-electron chi connectivity index (χ2n) is 8.08. The molecule has 0 radical (unpaired) electrons. The lowest BCUT2D eigenvalue weighted by molar-refractivity contribution is -0.135. The SMILES string of the molecule is COc1ccc(C2(C)NC(=O)N(CC(=O)NC(c3ccc(F)cc3)c3cccs3)C2=O)cc1OC. The predicted molar refractivity (Wildman–Crippen MR) is 128 cm³/mol. The molecule has 0 bridgehead atoms. The van der Waals surface area contributed by atoms with Gasteiger partial charge in [-0.15, -0.1) is 11.3 Å². The number of nitrogens with one attached hydrogen (secondary N) is 2. The van der Waals surface area contributed by atoms with Crippen molar-refractivity contribution in [2.45, 2.75) is 18.5 Å². The van der Waals surface area contributed by atoms with Gasteiger partial charge in [0.15, 0.2) is 11.5 Å². The third kappa shape index (κ3) is 4.69. The molecular formula is C25H24FN3O5S. The Balaban J connectivity index is 1.54. The van der Waals surface area contributed by atoms with Crippen LogP contribution < -0.4 is 20.1 Å². The summed E-state index contributed by atoms with van der Waals surface area (Å²) in [5, 5.41) is 7.41. The van der Waals surface area contributed by atoms with E-state index in [2.05, 4.69) is 10.6 Å². The van der Waals surface area contributed by atoms with Crippen LogP contribution in [0.1, 0.15) is 29.0 Å². The molecule has 1 aliphatic rings. The second kappa shape index (κ2) is 9.75. The standard InChI is InChI=1S/C25H24FN3O5S/c1-25(16-8-11-18(33-2)19(13-16)34-3)23(31)29(24(32)28-25)14-21(30)27-22(20-5-4-12-35-20)15-6-9-17(26)10-7-15/h4-13,22H,14H2,1-3H3,(H,27,30)(H,28,32). The van der Waals surface area contributed by atoms with Crippen LogP contribution in [0.2, 0.25) is 0 Å². The number of amides is 4. The van der Waals surface area contributed by atoms with Gasteiger partial charge in [-0.25, -0.2) is 9.18 Å². The van der Waals surface area contributed by atoms with Gasteiger partial charge < -0.3 is 20.1 Å². The average molecular weight is 498 g/mol. The molecule has 1 saturated heterocycles. The van der Waals surface area contributed by atoms with Gasteiger partial charge in [0.25, 0.3) is 5.91 Å². The van der Waals surface area contributed by atoms with E-state index in [1.807, 2.05) is 17.5 Å². The van der Waals surface area contributed by atoms with Crippen molar-refractivity contribution in [3.8, 4) is 11.5 Å². The van der Waals surface area contributed by atoms with Crippen LogP contribution in [0.25, 0.3) is 0 Å². The number of carbonyl (C=O) groups is 3. The van der Waals surface area contributed by atoms with E-state index < -0.39 is 41.8 Å². The molecule has 0 spiro atoms. The van der Waals surface area contributed by atoms with Crippen molar-refractivity contribution in [1.29, 1.82) is 0 Å². The molecule has 1 aliphatic heterocycles. The number of nitrogens with zero attached hydrogens (tertiary/aromatic N) is 1. The third-order valence-electron chi connectivity index (χ3n) is 5.87. The van der Waals surface area contributed by atoms with Gasteiger partial charge >= 0.3 is 6.03 Å². The maximum atomic E-state index is 13.4. The molecule has 2 atom stereocenters. The van der Waals surface area contributed by atoms with Crippen LogP contribution in [-0.2, 0) is 15.1 Å². The lowest BCUT2D eigenvalue weighted by atomic mass is 9.91. The summed E-state index contributed by atoms with van der Waals surface area (Å²) in [7, 11) is 2.97. The molecule has 4 rings (SSSR count). The van der Waals surface area contributed by atoms with Crippen molar-refractivity contribution in [2.24, 2.45) is 0 Å². The Hall–Kier alpha value is -3.92. The highest BCUT2D eigenvalue weighted by Crippen LogP contribution is 2.35. The molecule has 182 valence electrons. The molecule has 4 amide bonds. The van der Waals surface area contributed by atoms with Gasteiger partial charge in [0, 0.05) is 4.88 Å². The summed E-state index contributed by atoms with van der Waals surface area (Å²) < 4.78 is 24.0. The number of rotatable bonds is 8. The summed E-state index contributed by atoms with van der Waals surface area (Å²) in [5.74, 6) is -0.610. The topological polar surface area (TPSA) is 97.0 Å². The molecule has 2 N–H and O–H groups in total. The fourth-order valence-corrected chi connectivity index (χ4v) is 4.77. The summed E-state index contributed by atoms with van der Waals surface area (Å²) in [6, 6.07) is 13.2. The molecule has 2 unspecified atom stereocenters. The number of thiophene rings is 1. The van der Waals surface area contributed by atoms with Gasteiger partial charge in [0.2, 0.25) is 5.91 Å². The molecule has 0 saturated carbocycles. The van der Waals surface area contributed by atoms with Crippen LogP contribution in [0, 0.1) is 5.82 Å². The second-order valence-corrected chi connectivity index (χ2v) is 9.06. The molecule has 1 aromatic heterocycles. The van der Waals surface area contributed by atoms with Crippen molar-refractivity contribution < 1.29 is 28.2 Å². The van der Waals surface area contributed by atoms with E-state index in [4.69, 9.17) is 9.47 Å². The van der Waals surface area contributed by atoms with E-state index >= 15 is 0 Å². The van der Waals surface area contributed by atoms with Gasteiger partial charge in [-0.1, -0.05) is 24.3 Å². The maximum Gasteiger partial charge on any atom is 0.325 e. The lowest BCUT2D eigenvalue weighted by Gasteiger charge is -2.23. The Labute approximate surface area is 205 Å². The number of ether oxygens (including phenoxy) is 2. The molecule has 2 aromatic carbocycles. The number of hydrogen-bond acceptors (Lipinski definition) is 6. The fourth-order valence-electron chi connectivity index (χ4n) is 3.96. The Morgan fingerprint density at radius 2 is 1.83 bits per heavy atom. The summed E-state index contributed by atoms with van der Waals surface area (Å²) in [6.07, 6.45) is 0. The van der Waals surface area contributed by atoms with E-state index in [0.717, 1.165) is 9.78 Å².